The van der Waals surface area contributed by atoms with Crippen LogP contribution in [0.4, 0.5) is 10.5 Å². The van der Waals surface area contributed by atoms with Crippen molar-refractivity contribution in [3.8, 4) is 11.3 Å². The summed E-state index contributed by atoms with van der Waals surface area (Å²) in [5.41, 5.74) is 3.73. The van der Waals surface area contributed by atoms with Gasteiger partial charge in [0.1, 0.15) is 0 Å². The van der Waals surface area contributed by atoms with Crippen LogP contribution in [0.15, 0.2) is 30.5 Å². The quantitative estimate of drug-likeness (QED) is 0.810. The highest BCUT2D eigenvalue weighted by Crippen LogP contribution is 2.25. The lowest BCUT2D eigenvalue weighted by atomic mass is 9.93. The first kappa shape index (κ1) is 16.5. The molecule has 2 amide bonds. The van der Waals surface area contributed by atoms with E-state index < -0.39 is 6.10 Å². The SMILES string of the molecule is Cc1ccc(-c2ccnn2C)cc1NC(=O)N[C@@H]1CCCC[C@@H]1O. The second kappa shape index (κ2) is 7.05. The maximum atomic E-state index is 12.3. The Morgan fingerprint density at radius 3 is 2.79 bits per heavy atom. The highest BCUT2D eigenvalue weighted by molar-refractivity contribution is 5.91. The summed E-state index contributed by atoms with van der Waals surface area (Å²) < 4.78 is 1.80. The Labute approximate surface area is 141 Å². The van der Waals surface area contributed by atoms with E-state index in [1.807, 2.05) is 38.2 Å². The highest BCUT2D eigenvalue weighted by atomic mass is 16.3. The molecule has 1 aliphatic carbocycles. The van der Waals surface area contributed by atoms with E-state index in [1.54, 1.807) is 10.9 Å². The predicted octanol–water partition coefficient (Wildman–Crippen LogP) is 2.82. The standard InChI is InChI=1S/C18H24N4O2/c1-12-7-8-13(16-9-10-19-22(16)2)11-15(12)21-18(24)20-14-5-3-4-6-17(14)23/h7-11,14,17,23H,3-6H2,1-2H3,(H2,20,21,24)/t14-,17+/m1/s1. The number of aromatic nitrogens is 2. The van der Waals surface area contributed by atoms with Gasteiger partial charge in [0.15, 0.2) is 0 Å². The summed E-state index contributed by atoms with van der Waals surface area (Å²) in [6.45, 7) is 1.96. The van der Waals surface area contributed by atoms with E-state index in [0.29, 0.717) is 0 Å². The number of carbonyl (C=O) groups is 1. The second-order valence-electron chi connectivity index (χ2n) is 6.43. The minimum atomic E-state index is -0.452. The molecule has 1 aromatic carbocycles. The lowest BCUT2D eigenvalue weighted by Gasteiger charge is -2.28. The lowest BCUT2D eigenvalue weighted by Crippen LogP contribution is -2.46. The second-order valence-corrected chi connectivity index (χ2v) is 6.43. The first-order valence-corrected chi connectivity index (χ1v) is 8.39. The van der Waals surface area contributed by atoms with Crippen LogP contribution in [0.25, 0.3) is 11.3 Å². The Balaban J connectivity index is 1.72. The van der Waals surface area contributed by atoms with Gasteiger partial charge in [-0.25, -0.2) is 4.79 Å². The number of aliphatic hydroxyl groups is 1. The number of amides is 2. The minimum Gasteiger partial charge on any atom is -0.391 e. The monoisotopic (exact) mass is 328 g/mol. The van der Waals surface area contributed by atoms with Crippen LogP contribution in [0, 0.1) is 6.92 Å². The van der Waals surface area contributed by atoms with Crippen LogP contribution in [0.3, 0.4) is 0 Å². The molecule has 128 valence electrons. The number of nitrogens with zero attached hydrogens (tertiary/aromatic N) is 2. The first-order valence-electron chi connectivity index (χ1n) is 8.39. The summed E-state index contributed by atoms with van der Waals surface area (Å²) in [5.74, 6) is 0. The number of nitrogens with one attached hydrogen (secondary N) is 2. The van der Waals surface area contributed by atoms with E-state index in [2.05, 4.69) is 15.7 Å². The highest BCUT2D eigenvalue weighted by Gasteiger charge is 2.24. The molecule has 3 N–H and O–H groups in total. The molecule has 1 heterocycles. The number of carbonyl (C=O) groups excluding carboxylic acids is 1. The summed E-state index contributed by atoms with van der Waals surface area (Å²) in [5, 5.41) is 20.0. The van der Waals surface area contributed by atoms with E-state index in [0.717, 1.165) is 48.2 Å². The zero-order valence-corrected chi connectivity index (χ0v) is 14.1. The molecule has 24 heavy (non-hydrogen) atoms. The van der Waals surface area contributed by atoms with Crippen LogP contribution in [-0.4, -0.2) is 33.1 Å². The van der Waals surface area contributed by atoms with Crippen molar-refractivity contribution in [2.75, 3.05) is 5.32 Å². The fourth-order valence-corrected chi connectivity index (χ4v) is 3.18. The van der Waals surface area contributed by atoms with E-state index in [4.69, 9.17) is 0 Å². The average Bonchev–Trinajstić information content (AvgIpc) is 2.98. The largest absolute Gasteiger partial charge is 0.391 e. The van der Waals surface area contributed by atoms with Gasteiger partial charge < -0.3 is 15.7 Å². The molecule has 6 heteroatoms. The topological polar surface area (TPSA) is 79.2 Å². The minimum absolute atomic E-state index is 0.167. The van der Waals surface area contributed by atoms with Crippen molar-refractivity contribution in [3.05, 3.63) is 36.0 Å². The van der Waals surface area contributed by atoms with Crippen molar-refractivity contribution in [1.82, 2.24) is 15.1 Å². The van der Waals surface area contributed by atoms with Crippen LogP contribution >= 0.6 is 0 Å². The number of benzene rings is 1. The van der Waals surface area contributed by atoms with E-state index in [-0.39, 0.29) is 12.1 Å². The Hall–Kier alpha value is -2.34. The van der Waals surface area contributed by atoms with Gasteiger partial charge in [0, 0.05) is 24.5 Å². The molecule has 0 radical (unpaired) electrons. The number of anilines is 1. The molecule has 0 bridgehead atoms. The van der Waals surface area contributed by atoms with E-state index >= 15 is 0 Å². The maximum Gasteiger partial charge on any atom is 0.319 e. The number of aryl methyl sites for hydroxylation is 2. The summed E-state index contributed by atoms with van der Waals surface area (Å²) in [6.07, 6.45) is 4.93. The summed E-state index contributed by atoms with van der Waals surface area (Å²) in [6, 6.07) is 7.44. The summed E-state index contributed by atoms with van der Waals surface area (Å²) in [7, 11) is 1.89. The van der Waals surface area contributed by atoms with Crippen LogP contribution in [-0.2, 0) is 7.05 Å². The van der Waals surface area contributed by atoms with Gasteiger partial charge in [-0.05, 0) is 37.5 Å². The molecule has 1 fully saturated rings. The van der Waals surface area contributed by atoms with Crippen molar-refractivity contribution in [2.45, 2.75) is 44.8 Å². The molecule has 6 nitrogen and oxygen atoms in total. The van der Waals surface area contributed by atoms with E-state index in [1.165, 1.54) is 0 Å². The van der Waals surface area contributed by atoms with Crippen molar-refractivity contribution >= 4 is 11.7 Å². The van der Waals surface area contributed by atoms with Crippen LogP contribution in [0.1, 0.15) is 31.2 Å². The first-order chi connectivity index (χ1) is 11.5. The number of hydrogen-bond donors (Lipinski definition) is 3. The number of hydrogen-bond acceptors (Lipinski definition) is 3. The van der Waals surface area contributed by atoms with Crippen molar-refractivity contribution in [2.24, 2.45) is 7.05 Å². The molecule has 0 aliphatic heterocycles. The van der Waals surface area contributed by atoms with Gasteiger partial charge in [-0.2, -0.15) is 5.10 Å². The smallest absolute Gasteiger partial charge is 0.319 e. The number of urea groups is 1. The lowest BCUT2D eigenvalue weighted by molar-refractivity contribution is 0.0955. The molecule has 0 saturated heterocycles. The average molecular weight is 328 g/mol. The van der Waals surface area contributed by atoms with Gasteiger partial charge in [-0.15, -0.1) is 0 Å². The Bertz CT molecular complexity index is 726. The van der Waals surface area contributed by atoms with Gasteiger partial charge in [-0.1, -0.05) is 25.0 Å². The molecular weight excluding hydrogens is 304 g/mol. The van der Waals surface area contributed by atoms with Gasteiger partial charge in [-0.3, -0.25) is 4.68 Å². The van der Waals surface area contributed by atoms with Crippen molar-refractivity contribution < 1.29 is 9.90 Å². The molecule has 0 unspecified atom stereocenters. The number of aliphatic hydroxyl groups excluding tert-OH is 1. The number of rotatable bonds is 3. The Morgan fingerprint density at radius 1 is 1.29 bits per heavy atom. The molecule has 0 spiro atoms. The molecule has 1 saturated carbocycles. The molecular formula is C18H24N4O2. The third-order valence-corrected chi connectivity index (χ3v) is 4.65. The molecule has 3 rings (SSSR count). The third-order valence-electron chi connectivity index (χ3n) is 4.65. The van der Waals surface area contributed by atoms with Crippen LogP contribution in [0.2, 0.25) is 0 Å². The Kier molecular flexibility index (Phi) is 4.85. The fourth-order valence-electron chi connectivity index (χ4n) is 3.18. The third kappa shape index (κ3) is 3.59. The normalized spacial score (nSPS) is 20.6. The molecule has 2 aromatic rings. The van der Waals surface area contributed by atoms with Crippen molar-refractivity contribution in [3.63, 3.8) is 0 Å². The fraction of sp³-hybridized carbons (Fsp3) is 0.444. The predicted molar refractivity (Wildman–Crippen MR) is 93.8 cm³/mol. The zero-order valence-electron chi connectivity index (χ0n) is 14.1. The van der Waals surface area contributed by atoms with Gasteiger partial charge in [0.2, 0.25) is 0 Å². The van der Waals surface area contributed by atoms with Crippen LogP contribution < -0.4 is 10.6 Å². The van der Waals surface area contributed by atoms with Gasteiger partial charge in [0.05, 0.1) is 17.8 Å². The molecule has 1 aliphatic rings. The zero-order chi connectivity index (χ0) is 17.1. The van der Waals surface area contributed by atoms with Gasteiger partial charge in [0.25, 0.3) is 0 Å². The summed E-state index contributed by atoms with van der Waals surface area (Å²) >= 11 is 0. The van der Waals surface area contributed by atoms with Crippen molar-refractivity contribution in [1.29, 1.82) is 0 Å². The maximum absolute atomic E-state index is 12.3. The van der Waals surface area contributed by atoms with Gasteiger partial charge >= 0.3 is 6.03 Å². The summed E-state index contributed by atoms with van der Waals surface area (Å²) in [4.78, 5) is 12.3. The Morgan fingerprint density at radius 2 is 2.08 bits per heavy atom. The van der Waals surface area contributed by atoms with E-state index in [9.17, 15) is 9.90 Å². The van der Waals surface area contributed by atoms with Crippen LogP contribution in [0.5, 0.6) is 0 Å². The molecule has 2 atom stereocenters. The molecule has 1 aromatic heterocycles.